The monoisotopic (exact) mass is 276 g/mol. The molecule has 20 heavy (non-hydrogen) atoms. The molecule has 108 valence electrons. The largest absolute Gasteiger partial charge is 0.392 e. The van der Waals surface area contributed by atoms with Crippen molar-refractivity contribution in [1.82, 2.24) is 9.88 Å². The number of H-pyrrole nitrogens is 1. The Kier molecular flexibility index (Phi) is 3.38. The quantitative estimate of drug-likeness (QED) is 0.808. The van der Waals surface area contributed by atoms with Gasteiger partial charge in [-0.2, -0.15) is 0 Å². The predicted octanol–water partition coefficient (Wildman–Crippen LogP) is 1.14. The maximum atomic E-state index is 12.5. The van der Waals surface area contributed by atoms with Gasteiger partial charge in [0.2, 0.25) is 5.56 Å². The van der Waals surface area contributed by atoms with Crippen LogP contribution in [0.4, 0.5) is 0 Å². The summed E-state index contributed by atoms with van der Waals surface area (Å²) in [5.41, 5.74) is 0.0523. The minimum absolute atomic E-state index is 0.103. The Morgan fingerprint density at radius 3 is 2.90 bits per heavy atom. The van der Waals surface area contributed by atoms with Crippen LogP contribution in [0.1, 0.15) is 42.5 Å². The van der Waals surface area contributed by atoms with E-state index < -0.39 is 0 Å². The molecule has 2 aliphatic rings. The van der Waals surface area contributed by atoms with Gasteiger partial charge in [-0.1, -0.05) is 6.42 Å². The molecular weight excluding hydrogens is 256 g/mol. The van der Waals surface area contributed by atoms with Crippen molar-refractivity contribution in [2.75, 3.05) is 13.1 Å². The molecular formula is C15H20N2O3. The van der Waals surface area contributed by atoms with E-state index in [0.29, 0.717) is 18.7 Å². The van der Waals surface area contributed by atoms with E-state index in [0.717, 1.165) is 32.1 Å². The Balaban J connectivity index is 1.80. The normalized spacial score (nSPS) is 29.9. The van der Waals surface area contributed by atoms with Crippen LogP contribution in [0.25, 0.3) is 0 Å². The first-order valence-electron chi connectivity index (χ1n) is 7.27. The molecule has 0 aromatic carbocycles. The molecule has 2 atom stereocenters. The lowest BCUT2D eigenvalue weighted by atomic mass is 9.76. The molecule has 1 aromatic heterocycles. The molecule has 2 fully saturated rings. The summed E-state index contributed by atoms with van der Waals surface area (Å²) in [6, 6.07) is 2.98. The van der Waals surface area contributed by atoms with Crippen LogP contribution in [0.5, 0.6) is 0 Å². The second kappa shape index (κ2) is 5.05. The number of aliphatic hydroxyl groups excluding tert-OH is 1. The number of carbonyl (C=O) groups excluding carboxylic acids is 1. The zero-order valence-electron chi connectivity index (χ0n) is 11.5. The summed E-state index contributed by atoms with van der Waals surface area (Å²) in [4.78, 5) is 28.1. The van der Waals surface area contributed by atoms with Crippen molar-refractivity contribution in [2.24, 2.45) is 5.41 Å². The highest BCUT2D eigenvalue weighted by atomic mass is 16.3. The summed E-state index contributed by atoms with van der Waals surface area (Å²) in [6.07, 6.45) is 5.99. The Morgan fingerprint density at radius 1 is 1.40 bits per heavy atom. The van der Waals surface area contributed by atoms with Crippen molar-refractivity contribution in [3.8, 4) is 0 Å². The highest BCUT2D eigenvalue weighted by Gasteiger charge is 2.45. The van der Waals surface area contributed by atoms with Crippen LogP contribution in [0, 0.1) is 5.41 Å². The number of piperidine rings is 1. The summed E-state index contributed by atoms with van der Waals surface area (Å²) in [5, 5.41) is 10.2. The van der Waals surface area contributed by atoms with E-state index in [2.05, 4.69) is 4.98 Å². The Labute approximate surface area is 117 Å². The molecule has 3 rings (SSSR count). The third kappa shape index (κ3) is 2.26. The third-order valence-electron chi connectivity index (χ3n) is 4.78. The van der Waals surface area contributed by atoms with Crippen molar-refractivity contribution in [1.29, 1.82) is 0 Å². The van der Waals surface area contributed by atoms with E-state index in [-0.39, 0.29) is 23.0 Å². The van der Waals surface area contributed by atoms with Gasteiger partial charge in [-0.25, -0.2) is 0 Å². The van der Waals surface area contributed by atoms with Crippen LogP contribution in [0.3, 0.4) is 0 Å². The molecule has 1 saturated carbocycles. The van der Waals surface area contributed by atoms with Gasteiger partial charge in [-0.15, -0.1) is 0 Å². The van der Waals surface area contributed by atoms with Gasteiger partial charge in [0.25, 0.3) is 5.91 Å². The van der Waals surface area contributed by atoms with Crippen LogP contribution >= 0.6 is 0 Å². The fourth-order valence-corrected chi connectivity index (χ4v) is 3.69. The van der Waals surface area contributed by atoms with Crippen molar-refractivity contribution in [3.63, 3.8) is 0 Å². The van der Waals surface area contributed by atoms with Gasteiger partial charge in [0.1, 0.15) is 0 Å². The first-order chi connectivity index (χ1) is 9.61. The van der Waals surface area contributed by atoms with Gasteiger partial charge < -0.3 is 15.0 Å². The number of aliphatic hydroxyl groups is 1. The average molecular weight is 276 g/mol. The minimum Gasteiger partial charge on any atom is -0.392 e. The molecule has 1 spiro atoms. The van der Waals surface area contributed by atoms with Crippen LogP contribution in [-0.2, 0) is 0 Å². The number of pyridine rings is 1. The van der Waals surface area contributed by atoms with Crippen LogP contribution < -0.4 is 5.56 Å². The second-order valence-corrected chi connectivity index (χ2v) is 6.04. The van der Waals surface area contributed by atoms with E-state index in [1.165, 1.54) is 12.3 Å². The fraction of sp³-hybridized carbons (Fsp3) is 0.600. The van der Waals surface area contributed by atoms with E-state index >= 15 is 0 Å². The number of rotatable bonds is 1. The number of hydrogen-bond acceptors (Lipinski definition) is 3. The van der Waals surface area contributed by atoms with Gasteiger partial charge in [-0.3, -0.25) is 9.59 Å². The summed E-state index contributed by atoms with van der Waals surface area (Å²) < 4.78 is 0. The first kappa shape index (κ1) is 13.4. The molecule has 2 N–H and O–H groups in total. The van der Waals surface area contributed by atoms with E-state index in [1.54, 1.807) is 11.0 Å². The molecule has 0 radical (unpaired) electrons. The van der Waals surface area contributed by atoms with E-state index in [9.17, 15) is 14.7 Å². The first-order valence-corrected chi connectivity index (χ1v) is 7.27. The maximum absolute atomic E-state index is 12.5. The number of nitrogens with zero attached hydrogens (tertiary/aromatic N) is 1. The zero-order chi connectivity index (χ0) is 14.2. The fourth-order valence-electron chi connectivity index (χ4n) is 3.69. The molecule has 2 heterocycles. The minimum atomic E-state index is -0.294. The molecule has 5 heteroatoms. The lowest BCUT2D eigenvalue weighted by molar-refractivity contribution is -0.00536. The molecule has 1 aliphatic carbocycles. The lowest BCUT2D eigenvalue weighted by Gasteiger charge is -2.42. The highest BCUT2D eigenvalue weighted by Crippen LogP contribution is 2.45. The smallest absolute Gasteiger partial charge is 0.254 e. The number of nitrogens with one attached hydrogen (secondary N) is 1. The molecule has 1 saturated heterocycles. The number of carbonyl (C=O) groups is 1. The summed E-state index contributed by atoms with van der Waals surface area (Å²) in [5.74, 6) is -0.103. The molecule has 0 unspecified atom stereocenters. The molecule has 0 bridgehead atoms. The number of aromatic nitrogens is 1. The zero-order valence-corrected chi connectivity index (χ0v) is 11.5. The highest BCUT2D eigenvalue weighted by molar-refractivity contribution is 5.94. The van der Waals surface area contributed by atoms with Gasteiger partial charge in [0, 0.05) is 36.3 Å². The van der Waals surface area contributed by atoms with E-state index in [1.807, 2.05) is 0 Å². The van der Waals surface area contributed by atoms with Crippen molar-refractivity contribution in [2.45, 2.75) is 38.2 Å². The van der Waals surface area contributed by atoms with Gasteiger partial charge >= 0.3 is 0 Å². The topological polar surface area (TPSA) is 73.4 Å². The number of hydrogen-bond donors (Lipinski definition) is 2. The van der Waals surface area contributed by atoms with Crippen molar-refractivity contribution < 1.29 is 9.90 Å². The summed E-state index contributed by atoms with van der Waals surface area (Å²) in [7, 11) is 0. The maximum Gasteiger partial charge on any atom is 0.254 e. The molecule has 1 aliphatic heterocycles. The third-order valence-corrected chi connectivity index (χ3v) is 4.78. The van der Waals surface area contributed by atoms with Crippen molar-refractivity contribution >= 4 is 5.91 Å². The van der Waals surface area contributed by atoms with Crippen molar-refractivity contribution in [3.05, 3.63) is 34.2 Å². The van der Waals surface area contributed by atoms with Crippen LogP contribution in [-0.4, -0.2) is 40.1 Å². The van der Waals surface area contributed by atoms with Gasteiger partial charge in [0.15, 0.2) is 0 Å². The lowest BCUT2D eigenvalue weighted by Crippen LogP contribution is -2.49. The number of likely N-dealkylation sites (tertiary alicyclic amines) is 1. The molecule has 1 amide bonds. The Morgan fingerprint density at radius 2 is 2.20 bits per heavy atom. The summed E-state index contributed by atoms with van der Waals surface area (Å²) >= 11 is 0. The number of amides is 1. The SMILES string of the molecule is O=C(c1cc[nH]c(=O)c1)N1CCC[C@@]2(CCC[C@H]2O)C1. The average Bonchev–Trinajstić information content (AvgIpc) is 2.79. The standard InChI is InChI=1S/C15H20N2O3/c18-12-3-1-5-15(12)6-2-8-17(10-15)14(20)11-4-7-16-13(19)9-11/h4,7,9,12,18H,1-3,5-6,8,10H2,(H,16,19)/t12-,15+/m1/s1. The van der Waals surface area contributed by atoms with Gasteiger partial charge in [0.05, 0.1) is 6.10 Å². The molecule has 1 aromatic rings. The summed E-state index contributed by atoms with van der Waals surface area (Å²) in [6.45, 7) is 1.32. The predicted molar refractivity (Wildman–Crippen MR) is 74.5 cm³/mol. The second-order valence-electron chi connectivity index (χ2n) is 6.04. The number of aromatic amines is 1. The van der Waals surface area contributed by atoms with Gasteiger partial charge in [-0.05, 0) is 31.7 Å². The van der Waals surface area contributed by atoms with Crippen LogP contribution in [0.2, 0.25) is 0 Å². The Bertz CT molecular complexity index is 568. The van der Waals surface area contributed by atoms with Crippen LogP contribution in [0.15, 0.2) is 23.1 Å². The molecule has 5 nitrogen and oxygen atoms in total. The Hall–Kier alpha value is -1.62. The van der Waals surface area contributed by atoms with E-state index in [4.69, 9.17) is 0 Å².